The Morgan fingerprint density at radius 3 is 2.96 bits per heavy atom. The molecule has 142 valence electrons. The highest BCUT2D eigenvalue weighted by molar-refractivity contribution is 5.71. The molecule has 2 aliphatic heterocycles. The van der Waals surface area contributed by atoms with Gasteiger partial charge < -0.3 is 9.30 Å². The van der Waals surface area contributed by atoms with Crippen molar-refractivity contribution in [1.29, 1.82) is 0 Å². The number of fused-ring (bicyclic) bond motifs is 5. The second-order valence-corrected chi connectivity index (χ2v) is 7.74. The summed E-state index contributed by atoms with van der Waals surface area (Å²) >= 11 is 0. The van der Waals surface area contributed by atoms with Crippen LogP contribution in [0.2, 0.25) is 0 Å². The summed E-state index contributed by atoms with van der Waals surface area (Å²) in [4.78, 5) is 22.8. The van der Waals surface area contributed by atoms with Gasteiger partial charge in [-0.25, -0.2) is 19.4 Å². The lowest BCUT2D eigenvalue weighted by atomic mass is 10.0. The Balaban J connectivity index is 1.49. The molecule has 0 atom stereocenters. The fourth-order valence-electron chi connectivity index (χ4n) is 4.12. The maximum Gasteiger partial charge on any atom is 0.410 e. The molecule has 2 aromatic heterocycles. The van der Waals surface area contributed by atoms with Gasteiger partial charge in [-0.05, 0) is 43.4 Å². The van der Waals surface area contributed by atoms with E-state index in [1.54, 1.807) is 4.90 Å². The minimum Gasteiger partial charge on any atom is -0.448 e. The minimum absolute atomic E-state index is 0.296. The molecule has 8 nitrogen and oxygen atoms in total. The van der Waals surface area contributed by atoms with Gasteiger partial charge in [0, 0.05) is 5.56 Å². The third-order valence-electron chi connectivity index (χ3n) is 5.84. The molecule has 0 N–H and O–H groups in total. The van der Waals surface area contributed by atoms with E-state index in [0.29, 0.717) is 38.0 Å². The van der Waals surface area contributed by atoms with Gasteiger partial charge in [0.25, 0.3) is 0 Å². The Bertz CT molecular complexity index is 1110. The smallest absolute Gasteiger partial charge is 0.410 e. The number of ether oxygens (including phenoxy) is 1. The molecule has 4 heterocycles. The number of benzene rings is 1. The zero-order chi connectivity index (χ0) is 18.8. The van der Waals surface area contributed by atoms with Crippen molar-refractivity contribution in [2.24, 2.45) is 0 Å². The second-order valence-electron chi connectivity index (χ2n) is 7.74. The van der Waals surface area contributed by atoms with Gasteiger partial charge in [-0.3, -0.25) is 4.90 Å². The van der Waals surface area contributed by atoms with Crippen LogP contribution < -0.4 is 0 Å². The molecule has 1 saturated heterocycles. The third-order valence-corrected chi connectivity index (χ3v) is 5.84. The van der Waals surface area contributed by atoms with Crippen LogP contribution in [-0.4, -0.2) is 48.5 Å². The third kappa shape index (κ3) is 2.37. The van der Waals surface area contributed by atoms with E-state index in [1.807, 2.05) is 17.9 Å². The van der Waals surface area contributed by atoms with Gasteiger partial charge in [-0.15, -0.1) is 0 Å². The molecular formula is C20H20N6O2. The van der Waals surface area contributed by atoms with Crippen molar-refractivity contribution in [2.45, 2.75) is 38.8 Å². The Labute approximate surface area is 161 Å². The maximum atomic E-state index is 11.8. The first-order valence-corrected chi connectivity index (χ1v) is 9.70. The average Bonchev–Trinajstić information content (AvgIpc) is 3.26. The lowest BCUT2D eigenvalue weighted by Gasteiger charge is -2.11. The van der Waals surface area contributed by atoms with E-state index in [-0.39, 0.29) is 6.09 Å². The number of hydrogen-bond acceptors (Lipinski definition) is 5. The van der Waals surface area contributed by atoms with E-state index < -0.39 is 0 Å². The number of aryl methyl sites for hydroxylation is 1. The molecule has 2 fully saturated rings. The van der Waals surface area contributed by atoms with Crippen molar-refractivity contribution in [1.82, 2.24) is 29.2 Å². The predicted octanol–water partition coefficient (Wildman–Crippen LogP) is 2.63. The van der Waals surface area contributed by atoms with Gasteiger partial charge in [0.15, 0.2) is 11.6 Å². The van der Waals surface area contributed by atoms with Crippen LogP contribution in [0.25, 0.3) is 17.1 Å². The summed E-state index contributed by atoms with van der Waals surface area (Å²) in [6.45, 7) is 4.00. The first-order chi connectivity index (χ1) is 13.7. The molecule has 28 heavy (non-hydrogen) atoms. The number of amides is 1. The molecule has 1 aromatic carbocycles. The van der Waals surface area contributed by atoms with Gasteiger partial charge >= 0.3 is 6.09 Å². The minimum atomic E-state index is -0.296. The molecule has 3 aliphatic rings. The Morgan fingerprint density at radius 2 is 2.18 bits per heavy atom. The van der Waals surface area contributed by atoms with Crippen LogP contribution in [0.5, 0.6) is 0 Å². The van der Waals surface area contributed by atoms with E-state index in [1.165, 1.54) is 18.4 Å². The molecule has 0 unspecified atom stereocenters. The summed E-state index contributed by atoms with van der Waals surface area (Å²) in [6, 6.07) is 6.66. The van der Waals surface area contributed by atoms with Crippen molar-refractivity contribution in [3.05, 3.63) is 47.3 Å². The topological polar surface area (TPSA) is 78.1 Å². The highest BCUT2D eigenvalue weighted by atomic mass is 16.6. The van der Waals surface area contributed by atoms with Crippen molar-refractivity contribution in [3.8, 4) is 17.1 Å². The van der Waals surface area contributed by atoms with Crippen molar-refractivity contribution < 1.29 is 9.53 Å². The highest BCUT2D eigenvalue weighted by Gasteiger charge is 2.29. The molecule has 1 aliphatic carbocycles. The lowest BCUT2D eigenvalue weighted by molar-refractivity contribution is 0.156. The Kier molecular flexibility index (Phi) is 3.21. The first kappa shape index (κ1) is 15.9. The van der Waals surface area contributed by atoms with Crippen LogP contribution in [0, 0.1) is 6.92 Å². The fourth-order valence-corrected chi connectivity index (χ4v) is 4.12. The van der Waals surface area contributed by atoms with Crippen LogP contribution in [0.1, 0.15) is 41.5 Å². The largest absolute Gasteiger partial charge is 0.448 e. The van der Waals surface area contributed by atoms with Gasteiger partial charge in [0.05, 0.1) is 43.0 Å². The Hall–Kier alpha value is -3.16. The van der Waals surface area contributed by atoms with Crippen LogP contribution in [0.15, 0.2) is 24.5 Å². The number of hydrogen-bond donors (Lipinski definition) is 0. The zero-order valence-corrected chi connectivity index (χ0v) is 15.6. The first-order valence-electron chi connectivity index (χ1n) is 9.70. The number of imidazole rings is 1. The quantitative estimate of drug-likeness (QED) is 0.549. The fraction of sp³-hybridized carbons (Fsp3) is 0.400. The number of nitrogens with zero attached hydrogens (tertiary/aromatic N) is 6. The lowest BCUT2D eigenvalue weighted by Crippen LogP contribution is -2.24. The normalized spacial score (nSPS) is 17.8. The second kappa shape index (κ2) is 5.67. The van der Waals surface area contributed by atoms with Gasteiger partial charge in [0.2, 0.25) is 0 Å². The van der Waals surface area contributed by atoms with E-state index in [4.69, 9.17) is 14.8 Å². The van der Waals surface area contributed by atoms with Gasteiger partial charge in [-0.2, -0.15) is 5.10 Å². The van der Waals surface area contributed by atoms with Crippen molar-refractivity contribution in [3.63, 3.8) is 0 Å². The molecule has 0 radical (unpaired) electrons. The number of carbonyl (C=O) groups excluding carboxylic acids is 1. The summed E-state index contributed by atoms with van der Waals surface area (Å²) in [5, 5.41) is 4.73. The van der Waals surface area contributed by atoms with Crippen LogP contribution >= 0.6 is 0 Å². The standard InChI is InChI=1S/C20H20N6O2/c1-12-17-9-26-19(22-18(23-26)10-24-6-7-28-20(24)27)15-8-14(13-2-3-13)4-5-16(15)25(17)11-21-12/h4-5,8,11,13H,2-3,6-7,9-10H2,1H3. The number of aromatic nitrogens is 5. The van der Waals surface area contributed by atoms with Gasteiger partial charge in [0.1, 0.15) is 6.61 Å². The molecule has 6 rings (SSSR count). The Morgan fingerprint density at radius 1 is 1.29 bits per heavy atom. The van der Waals surface area contributed by atoms with Crippen molar-refractivity contribution in [2.75, 3.05) is 13.2 Å². The van der Waals surface area contributed by atoms with Crippen molar-refractivity contribution >= 4 is 6.09 Å². The van der Waals surface area contributed by atoms with E-state index in [2.05, 4.69) is 27.8 Å². The number of cyclic esters (lactones) is 1. The summed E-state index contributed by atoms with van der Waals surface area (Å²) in [5.41, 5.74) is 5.61. The number of rotatable bonds is 3. The zero-order valence-electron chi connectivity index (χ0n) is 15.6. The molecule has 8 heteroatoms. The van der Waals surface area contributed by atoms with Crippen LogP contribution in [0.4, 0.5) is 4.79 Å². The predicted molar refractivity (Wildman–Crippen MR) is 100 cm³/mol. The SMILES string of the molecule is Cc1ncn2c1Cn1nc(CN3CCOC3=O)nc1-c1cc(C3CC3)ccc1-2. The summed E-state index contributed by atoms with van der Waals surface area (Å²) in [7, 11) is 0. The maximum absolute atomic E-state index is 11.8. The molecule has 1 amide bonds. The average molecular weight is 376 g/mol. The van der Waals surface area contributed by atoms with Crippen LogP contribution in [-0.2, 0) is 17.8 Å². The molecule has 0 spiro atoms. The monoisotopic (exact) mass is 376 g/mol. The van der Waals surface area contributed by atoms with Gasteiger partial charge in [-0.1, -0.05) is 6.07 Å². The van der Waals surface area contributed by atoms with Crippen LogP contribution in [0.3, 0.4) is 0 Å². The van der Waals surface area contributed by atoms with E-state index in [9.17, 15) is 4.79 Å². The number of carbonyl (C=O) groups is 1. The molecule has 1 saturated carbocycles. The van der Waals surface area contributed by atoms with E-state index >= 15 is 0 Å². The molecule has 3 aromatic rings. The van der Waals surface area contributed by atoms with E-state index in [0.717, 1.165) is 28.5 Å². The summed E-state index contributed by atoms with van der Waals surface area (Å²) in [5.74, 6) is 2.15. The molecule has 0 bridgehead atoms. The summed E-state index contributed by atoms with van der Waals surface area (Å²) < 4.78 is 9.12. The molecular weight excluding hydrogens is 356 g/mol. The highest BCUT2D eigenvalue weighted by Crippen LogP contribution is 2.43. The summed E-state index contributed by atoms with van der Waals surface area (Å²) in [6.07, 6.45) is 4.09.